The van der Waals surface area contributed by atoms with E-state index in [9.17, 15) is 4.79 Å². The van der Waals surface area contributed by atoms with Gasteiger partial charge in [-0.05, 0) is 19.7 Å². The molecule has 4 heteroatoms. The second-order valence-corrected chi connectivity index (χ2v) is 4.12. The summed E-state index contributed by atoms with van der Waals surface area (Å²) in [5.74, 6) is -0.359. The van der Waals surface area contributed by atoms with Crippen LogP contribution in [0.2, 0.25) is 0 Å². The molecule has 0 N–H and O–H groups in total. The van der Waals surface area contributed by atoms with E-state index >= 15 is 0 Å². The summed E-state index contributed by atoms with van der Waals surface area (Å²) in [6, 6.07) is 11.7. The quantitative estimate of drug-likeness (QED) is 0.475. The minimum absolute atomic E-state index is 0.359. The van der Waals surface area contributed by atoms with Gasteiger partial charge in [0.15, 0.2) is 0 Å². The van der Waals surface area contributed by atoms with Crippen molar-refractivity contribution in [3.05, 3.63) is 67.8 Å². The molecule has 0 spiro atoms. The number of benzene rings is 1. The molecule has 1 aromatic rings. The van der Waals surface area contributed by atoms with Crippen LogP contribution in [0.15, 0.2) is 62.2 Å². The van der Waals surface area contributed by atoms with Crippen molar-refractivity contribution in [3.8, 4) is 6.07 Å². The molecular weight excluding hydrogens is 276 g/mol. The average molecular weight is 300 g/mol. The molecule has 1 aromatic carbocycles. The van der Waals surface area contributed by atoms with Gasteiger partial charge < -0.3 is 9.64 Å². The Morgan fingerprint density at radius 1 is 1.27 bits per heavy atom. The molecule has 0 atom stereocenters. The first-order valence-electron chi connectivity index (χ1n) is 6.63. The molecule has 118 valence electrons. The molecule has 4 nitrogen and oxygen atoms in total. The van der Waals surface area contributed by atoms with Crippen molar-refractivity contribution in [1.82, 2.24) is 4.90 Å². The van der Waals surface area contributed by atoms with Gasteiger partial charge in [-0.2, -0.15) is 5.26 Å². The van der Waals surface area contributed by atoms with E-state index in [1.165, 1.54) is 11.6 Å². The normalized spacial score (nSPS) is 8.09. The van der Waals surface area contributed by atoms with Crippen molar-refractivity contribution in [2.45, 2.75) is 0 Å². The number of likely N-dealkylation sites (N-methyl/N-ethyl adjacent to an activating group) is 1. The fourth-order valence-corrected chi connectivity index (χ4v) is 0.977. The van der Waals surface area contributed by atoms with Crippen LogP contribution < -0.4 is 0 Å². The molecule has 0 bridgehead atoms. The number of nitriles is 1. The summed E-state index contributed by atoms with van der Waals surface area (Å²) < 4.78 is 4.70. The van der Waals surface area contributed by atoms with Crippen LogP contribution in [0.4, 0.5) is 0 Å². The third-order valence-corrected chi connectivity index (χ3v) is 2.08. The number of hydrogen-bond acceptors (Lipinski definition) is 4. The van der Waals surface area contributed by atoms with Crippen LogP contribution >= 0.6 is 0 Å². The number of carbonyl (C=O) groups is 1. The Bertz CT molecular complexity index is 474. The first-order chi connectivity index (χ1) is 10.5. The zero-order valence-corrected chi connectivity index (χ0v) is 13.4. The maximum atomic E-state index is 10.4. The lowest BCUT2D eigenvalue weighted by molar-refractivity contribution is -0.137. The zero-order valence-electron chi connectivity index (χ0n) is 13.4. The Hall–Kier alpha value is -2.64. The van der Waals surface area contributed by atoms with Crippen molar-refractivity contribution in [3.63, 3.8) is 0 Å². The van der Waals surface area contributed by atoms with E-state index in [-0.39, 0.29) is 5.97 Å². The molecule has 0 unspecified atom stereocenters. The highest BCUT2D eigenvalue weighted by atomic mass is 16.5. The number of ether oxygens (including phenoxy) is 1. The smallest absolute Gasteiger partial charge is 0.330 e. The maximum Gasteiger partial charge on any atom is 0.330 e. The Balaban J connectivity index is 0. The maximum absolute atomic E-state index is 10.4. The molecule has 0 aromatic heterocycles. The molecule has 0 saturated heterocycles. The van der Waals surface area contributed by atoms with E-state index in [1.54, 1.807) is 6.07 Å². The van der Waals surface area contributed by atoms with Gasteiger partial charge >= 0.3 is 5.97 Å². The van der Waals surface area contributed by atoms with Gasteiger partial charge in [0.2, 0.25) is 0 Å². The summed E-state index contributed by atoms with van der Waals surface area (Å²) in [6.07, 6.45) is 4.18. The third-order valence-electron chi connectivity index (χ3n) is 2.08. The van der Waals surface area contributed by atoms with Gasteiger partial charge in [0.25, 0.3) is 0 Å². The largest absolute Gasteiger partial charge is 0.461 e. The van der Waals surface area contributed by atoms with E-state index in [1.807, 2.05) is 55.4 Å². The molecule has 0 saturated carbocycles. The number of carbonyl (C=O) groups excluding carboxylic acids is 1. The summed E-state index contributed by atoms with van der Waals surface area (Å²) in [6.45, 7) is 11.2. The second-order valence-electron chi connectivity index (χ2n) is 4.12. The molecule has 0 heterocycles. The minimum atomic E-state index is -0.359. The van der Waals surface area contributed by atoms with Crippen LogP contribution in [-0.4, -0.2) is 38.1 Å². The number of allylic oxidation sites excluding steroid dienone is 1. The summed E-state index contributed by atoms with van der Waals surface area (Å²) in [5.41, 5.74) is 1.17. The van der Waals surface area contributed by atoms with Gasteiger partial charge in [0, 0.05) is 18.7 Å². The van der Waals surface area contributed by atoms with E-state index in [4.69, 9.17) is 10.00 Å². The average Bonchev–Trinajstić information content (AvgIpc) is 2.55. The highest BCUT2D eigenvalue weighted by molar-refractivity contribution is 5.81. The number of nitrogens with zero attached hydrogens (tertiary/aromatic N) is 2. The summed E-state index contributed by atoms with van der Waals surface area (Å²) >= 11 is 0. The fraction of sp³-hybridized carbons (Fsp3) is 0.222. The first kappa shape index (κ1) is 21.7. The standard InChI is InChI=1S/C8H8.C7H13NO2.C3H3N/c1-2-8-6-4-3-5-7-8;1-4-7(9)10-6-5-8(2)3;1-2-3-4/h2-7H,1H2;4H,1,5-6H2,2-3H3;2H,1H2. The Kier molecular flexibility index (Phi) is 16.2. The fourth-order valence-electron chi connectivity index (χ4n) is 0.977. The predicted octanol–water partition coefficient (Wildman–Crippen LogP) is 3.30. The van der Waals surface area contributed by atoms with Crippen LogP contribution in [0.5, 0.6) is 0 Å². The number of rotatable bonds is 5. The van der Waals surface area contributed by atoms with E-state index < -0.39 is 0 Å². The van der Waals surface area contributed by atoms with Gasteiger partial charge in [-0.15, -0.1) is 0 Å². The zero-order chi connectivity index (χ0) is 17.2. The third kappa shape index (κ3) is 17.4. The van der Waals surface area contributed by atoms with Gasteiger partial charge in [-0.25, -0.2) is 4.79 Å². The van der Waals surface area contributed by atoms with Crippen molar-refractivity contribution in [1.29, 1.82) is 5.26 Å². The van der Waals surface area contributed by atoms with Crippen LogP contribution in [0.1, 0.15) is 5.56 Å². The lowest BCUT2D eigenvalue weighted by atomic mass is 10.2. The topological polar surface area (TPSA) is 53.3 Å². The monoisotopic (exact) mass is 300 g/mol. The van der Waals surface area contributed by atoms with Crippen molar-refractivity contribution >= 4 is 12.0 Å². The van der Waals surface area contributed by atoms with Crippen LogP contribution in [0.3, 0.4) is 0 Å². The van der Waals surface area contributed by atoms with Crippen molar-refractivity contribution in [2.75, 3.05) is 27.2 Å². The van der Waals surface area contributed by atoms with Gasteiger partial charge in [-0.3, -0.25) is 0 Å². The minimum Gasteiger partial charge on any atom is -0.461 e. The Labute approximate surface area is 133 Å². The molecular formula is C18H24N2O2. The lowest BCUT2D eigenvalue weighted by Crippen LogP contribution is -2.19. The molecule has 1 rings (SSSR count). The van der Waals surface area contributed by atoms with Gasteiger partial charge in [0.05, 0.1) is 6.07 Å². The molecule has 0 amide bonds. The Morgan fingerprint density at radius 3 is 2.14 bits per heavy atom. The van der Waals surface area contributed by atoms with Crippen LogP contribution in [0.25, 0.3) is 6.08 Å². The molecule has 0 aliphatic carbocycles. The van der Waals surface area contributed by atoms with Crippen LogP contribution in [0, 0.1) is 11.3 Å². The molecule has 0 aliphatic heterocycles. The summed E-state index contributed by atoms with van der Waals surface area (Å²) in [4.78, 5) is 12.4. The SMILES string of the molecule is C=CC#N.C=CC(=O)OCCN(C)C.C=Cc1ccccc1. The number of esters is 1. The molecule has 22 heavy (non-hydrogen) atoms. The van der Waals surface area contributed by atoms with Gasteiger partial charge in [-0.1, -0.05) is 56.1 Å². The van der Waals surface area contributed by atoms with Gasteiger partial charge in [0.1, 0.15) is 6.61 Å². The van der Waals surface area contributed by atoms with E-state index in [0.29, 0.717) is 6.61 Å². The highest BCUT2D eigenvalue weighted by Crippen LogP contribution is 1.97. The second kappa shape index (κ2) is 16.4. The first-order valence-corrected chi connectivity index (χ1v) is 6.63. The van der Waals surface area contributed by atoms with Crippen molar-refractivity contribution < 1.29 is 9.53 Å². The van der Waals surface area contributed by atoms with E-state index in [0.717, 1.165) is 12.6 Å². The molecule has 0 aliphatic rings. The van der Waals surface area contributed by atoms with Crippen LogP contribution in [-0.2, 0) is 9.53 Å². The summed E-state index contributed by atoms with van der Waals surface area (Å²) in [5, 5.41) is 7.51. The van der Waals surface area contributed by atoms with Crippen molar-refractivity contribution in [2.24, 2.45) is 0 Å². The van der Waals surface area contributed by atoms with E-state index in [2.05, 4.69) is 19.7 Å². The highest BCUT2D eigenvalue weighted by Gasteiger charge is 1.94. The lowest BCUT2D eigenvalue weighted by Gasteiger charge is -2.07. The molecule has 0 fully saturated rings. The summed E-state index contributed by atoms with van der Waals surface area (Å²) in [7, 11) is 3.84. The Morgan fingerprint density at radius 2 is 1.82 bits per heavy atom. The molecule has 0 radical (unpaired) electrons. The predicted molar refractivity (Wildman–Crippen MR) is 92.1 cm³/mol. The number of hydrogen-bond donors (Lipinski definition) is 0.